The highest BCUT2D eigenvalue weighted by atomic mass is 16.6. The highest BCUT2D eigenvalue weighted by molar-refractivity contribution is 4.84. The van der Waals surface area contributed by atoms with Crippen molar-refractivity contribution in [2.24, 2.45) is 23.7 Å². The molecule has 0 aromatic heterocycles. The molecular formula is C21H42O3. The smallest absolute Gasteiger partial charge is 0.178 e. The third kappa shape index (κ3) is 8.31. The Kier molecular flexibility index (Phi) is 9.25. The second-order valence-electron chi connectivity index (χ2n) is 9.38. The first-order valence-corrected chi connectivity index (χ1v) is 10.1. The summed E-state index contributed by atoms with van der Waals surface area (Å²) >= 11 is 0. The molecule has 1 fully saturated rings. The molecule has 0 aromatic carbocycles. The van der Waals surface area contributed by atoms with Crippen LogP contribution in [0.2, 0.25) is 0 Å². The van der Waals surface area contributed by atoms with Crippen molar-refractivity contribution in [1.29, 1.82) is 0 Å². The minimum Gasteiger partial charge on any atom is -0.373 e. The van der Waals surface area contributed by atoms with Gasteiger partial charge in [-0.2, -0.15) is 0 Å². The lowest BCUT2D eigenvalue weighted by Gasteiger charge is -2.40. The fourth-order valence-electron chi connectivity index (χ4n) is 4.04. The molecule has 1 N–H and O–H groups in total. The summed E-state index contributed by atoms with van der Waals surface area (Å²) < 4.78 is 11.7. The Hall–Kier alpha value is -0.120. The maximum atomic E-state index is 10.1. The first kappa shape index (κ1) is 21.9. The Balaban J connectivity index is 2.61. The number of aliphatic hydroxyl groups is 1. The molecule has 0 aliphatic heterocycles. The molecule has 3 heteroatoms. The summed E-state index contributed by atoms with van der Waals surface area (Å²) in [5, 5.41) is 10.1. The van der Waals surface area contributed by atoms with Gasteiger partial charge in [-0.25, -0.2) is 0 Å². The van der Waals surface area contributed by atoms with Crippen LogP contribution in [0.3, 0.4) is 0 Å². The summed E-state index contributed by atoms with van der Waals surface area (Å²) in [6, 6.07) is 0. The van der Waals surface area contributed by atoms with E-state index in [1.165, 1.54) is 32.1 Å². The van der Waals surface area contributed by atoms with E-state index in [4.69, 9.17) is 9.47 Å². The normalized spacial score (nSPS) is 25.2. The van der Waals surface area contributed by atoms with E-state index in [2.05, 4.69) is 27.7 Å². The third-order valence-electron chi connectivity index (χ3n) is 5.18. The fourth-order valence-corrected chi connectivity index (χ4v) is 4.04. The van der Waals surface area contributed by atoms with E-state index in [1.54, 1.807) is 0 Å². The van der Waals surface area contributed by atoms with Crippen molar-refractivity contribution < 1.29 is 14.6 Å². The van der Waals surface area contributed by atoms with Gasteiger partial charge in [0, 0.05) is 0 Å². The van der Waals surface area contributed by atoms with Crippen LogP contribution in [0.4, 0.5) is 0 Å². The largest absolute Gasteiger partial charge is 0.373 e. The van der Waals surface area contributed by atoms with Crippen LogP contribution >= 0.6 is 0 Å². The number of ether oxygens (including phenoxy) is 2. The van der Waals surface area contributed by atoms with Crippen molar-refractivity contribution >= 4 is 0 Å². The van der Waals surface area contributed by atoms with Crippen LogP contribution in [-0.2, 0) is 9.47 Å². The van der Waals surface area contributed by atoms with Gasteiger partial charge in [-0.15, -0.1) is 0 Å². The van der Waals surface area contributed by atoms with E-state index in [0.717, 1.165) is 18.3 Å². The Morgan fingerprint density at radius 3 is 2.17 bits per heavy atom. The van der Waals surface area contributed by atoms with Gasteiger partial charge < -0.3 is 14.6 Å². The van der Waals surface area contributed by atoms with Crippen LogP contribution in [0.15, 0.2) is 0 Å². The second-order valence-corrected chi connectivity index (χ2v) is 9.38. The molecule has 4 atom stereocenters. The van der Waals surface area contributed by atoms with Crippen LogP contribution < -0.4 is 0 Å². The summed E-state index contributed by atoms with van der Waals surface area (Å²) in [6.45, 7) is 15.5. The molecule has 0 amide bonds. The van der Waals surface area contributed by atoms with Gasteiger partial charge in [-0.3, -0.25) is 0 Å². The lowest BCUT2D eigenvalue weighted by molar-refractivity contribution is -0.204. The molecule has 24 heavy (non-hydrogen) atoms. The van der Waals surface area contributed by atoms with Gasteiger partial charge in [0.05, 0.1) is 18.3 Å². The van der Waals surface area contributed by atoms with Crippen LogP contribution in [0.5, 0.6) is 0 Å². The fraction of sp³-hybridized carbons (Fsp3) is 1.00. The second kappa shape index (κ2) is 10.1. The van der Waals surface area contributed by atoms with Crippen molar-refractivity contribution in [3.8, 4) is 0 Å². The van der Waals surface area contributed by atoms with E-state index in [9.17, 15) is 5.11 Å². The quantitative estimate of drug-likeness (QED) is 0.570. The van der Waals surface area contributed by atoms with Gasteiger partial charge in [-0.05, 0) is 63.7 Å². The first-order valence-electron chi connectivity index (χ1n) is 10.1. The maximum Gasteiger partial charge on any atom is 0.178 e. The van der Waals surface area contributed by atoms with Crippen molar-refractivity contribution in [2.45, 2.75) is 105 Å². The molecule has 1 rings (SSSR count). The molecule has 0 saturated heterocycles. The van der Waals surface area contributed by atoms with Gasteiger partial charge in [0.1, 0.15) is 0 Å². The molecule has 0 bridgehead atoms. The monoisotopic (exact) mass is 342 g/mol. The molecular weight excluding hydrogens is 300 g/mol. The Morgan fingerprint density at radius 1 is 1.00 bits per heavy atom. The maximum absolute atomic E-state index is 10.1. The topological polar surface area (TPSA) is 38.7 Å². The van der Waals surface area contributed by atoms with Gasteiger partial charge in [0.15, 0.2) is 6.29 Å². The summed E-state index contributed by atoms with van der Waals surface area (Å²) in [5.41, 5.74) is -0.341. The lowest BCUT2D eigenvalue weighted by atomic mass is 9.71. The number of aliphatic hydroxyl groups excluding tert-OH is 1. The van der Waals surface area contributed by atoms with Crippen molar-refractivity contribution in [1.82, 2.24) is 0 Å². The summed E-state index contributed by atoms with van der Waals surface area (Å²) in [4.78, 5) is 0. The summed E-state index contributed by atoms with van der Waals surface area (Å²) in [7, 11) is 0. The first-order chi connectivity index (χ1) is 11.1. The highest BCUT2D eigenvalue weighted by Crippen LogP contribution is 2.39. The number of rotatable bonds is 9. The molecule has 1 saturated carbocycles. The average Bonchev–Trinajstić information content (AvgIpc) is 2.44. The van der Waals surface area contributed by atoms with Crippen molar-refractivity contribution in [2.75, 3.05) is 6.61 Å². The molecule has 144 valence electrons. The zero-order valence-electron chi connectivity index (χ0n) is 17.2. The SMILES string of the molecule is CC(C)CCC(C(C)C)C1CCCCC1OCC(O)OC(C)(C)C. The Bertz CT molecular complexity index is 332. The minimum absolute atomic E-state index is 0.275. The van der Waals surface area contributed by atoms with E-state index in [-0.39, 0.29) is 18.3 Å². The van der Waals surface area contributed by atoms with Crippen LogP contribution in [-0.4, -0.2) is 29.7 Å². The standard InChI is InChI=1S/C21H42O3/c1-15(2)12-13-17(16(3)4)18-10-8-9-11-19(18)23-14-20(22)24-21(5,6)7/h15-20,22H,8-14H2,1-7H3. The zero-order chi connectivity index (χ0) is 18.3. The molecule has 1 aliphatic rings. The third-order valence-corrected chi connectivity index (χ3v) is 5.18. The van der Waals surface area contributed by atoms with Gasteiger partial charge in [0.2, 0.25) is 0 Å². The van der Waals surface area contributed by atoms with Crippen molar-refractivity contribution in [3.05, 3.63) is 0 Å². The van der Waals surface area contributed by atoms with Gasteiger partial charge >= 0.3 is 0 Å². The van der Waals surface area contributed by atoms with Crippen molar-refractivity contribution in [3.63, 3.8) is 0 Å². The van der Waals surface area contributed by atoms with E-state index in [0.29, 0.717) is 11.8 Å². The predicted molar refractivity (Wildman–Crippen MR) is 101 cm³/mol. The number of hydrogen-bond donors (Lipinski definition) is 1. The summed E-state index contributed by atoms with van der Waals surface area (Å²) in [6.07, 6.45) is 6.97. The molecule has 0 heterocycles. The van der Waals surface area contributed by atoms with Gasteiger partial charge in [-0.1, -0.05) is 47.0 Å². The highest BCUT2D eigenvalue weighted by Gasteiger charge is 2.34. The minimum atomic E-state index is -0.833. The van der Waals surface area contributed by atoms with E-state index < -0.39 is 6.29 Å². The molecule has 0 radical (unpaired) electrons. The Labute approximate surface area is 150 Å². The molecule has 4 unspecified atom stereocenters. The summed E-state index contributed by atoms with van der Waals surface area (Å²) in [5.74, 6) is 2.79. The zero-order valence-corrected chi connectivity index (χ0v) is 17.2. The van der Waals surface area contributed by atoms with Crippen LogP contribution in [0, 0.1) is 23.7 Å². The Morgan fingerprint density at radius 2 is 1.62 bits per heavy atom. The molecule has 3 nitrogen and oxygen atoms in total. The van der Waals surface area contributed by atoms with Crippen LogP contribution in [0.25, 0.3) is 0 Å². The van der Waals surface area contributed by atoms with E-state index >= 15 is 0 Å². The molecule has 1 aliphatic carbocycles. The average molecular weight is 343 g/mol. The van der Waals surface area contributed by atoms with Gasteiger partial charge in [0.25, 0.3) is 0 Å². The molecule has 0 aromatic rings. The number of hydrogen-bond acceptors (Lipinski definition) is 3. The predicted octanol–water partition coefficient (Wildman–Crippen LogP) is 5.40. The van der Waals surface area contributed by atoms with Crippen LogP contribution in [0.1, 0.15) is 87.0 Å². The lowest BCUT2D eigenvalue weighted by Crippen LogP contribution is -2.38. The molecule has 0 spiro atoms. The van der Waals surface area contributed by atoms with E-state index in [1.807, 2.05) is 20.8 Å².